The van der Waals surface area contributed by atoms with Crippen LogP contribution in [0.5, 0.6) is 5.88 Å². The molecule has 4 rings (SSSR count). The number of ether oxygens (including phenoxy) is 1. The number of pyridine rings is 2. The van der Waals surface area contributed by atoms with Gasteiger partial charge in [-0.3, -0.25) is 14.6 Å². The number of hydrogen-bond acceptors (Lipinski definition) is 5. The Morgan fingerprint density at radius 3 is 2.92 bits per heavy atom. The fraction of sp³-hybridized carbons (Fsp3) is 0.278. The Morgan fingerprint density at radius 1 is 1.08 bits per heavy atom. The second-order valence-corrected chi connectivity index (χ2v) is 5.93. The van der Waals surface area contributed by atoms with Crippen LogP contribution in [0.2, 0.25) is 0 Å². The Hall–Kier alpha value is -2.73. The number of fused-ring (bicyclic) bond motifs is 1. The maximum Gasteiger partial charge on any atom is 0.213 e. The van der Waals surface area contributed by atoms with E-state index in [1.165, 1.54) is 11.3 Å². The molecule has 0 fully saturated rings. The van der Waals surface area contributed by atoms with Crippen molar-refractivity contribution in [1.82, 2.24) is 24.6 Å². The lowest BCUT2D eigenvalue weighted by Gasteiger charge is -2.33. The molecule has 1 aliphatic rings. The molecule has 3 aromatic heterocycles. The topological polar surface area (TPSA) is 56.1 Å². The predicted molar refractivity (Wildman–Crippen MR) is 89.3 cm³/mol. The summed E-state index contributed by atoms with van der Waals surface area (Å²) in [5, 5.41) is 4.47. The maximum absolute atomic E-state index is 5.86. The highest BCUT2D eigenvalue weighted by atomic mass is 16.5. The van der Waals surface area contributed by atoms with E-state index in [4.69, 9.17) is 4.74 Å². The SMILES string of the molecule is c1ccc(OCC2CN(Cc3cccnc3)Cc3ccnn32)nc1. The third-order valence-corrected chi connectivity index (χ3v) is 4.14. The van der Waals surface area contributed by atoms with Gasteiger partial charge in [0.1, 0.15) is 6.61 Å². The molecule has 24 heavy (non-hydrogen) atoms. The average molecular weight is 321 g/mol. The lowest BCUT2D eigenvalue weighted by molar-refractivity contribution is 0.125. The normalized spacial score (nSPS) is 17.4. The van der Waals surface area contributed by atoms with Crippen LogP contribution in [0.1, 0.15) is 17.3 Å². The zero-order valence-electron chi connectivity index (χ0n) is 13.3. The van der Waals surface area contributed by atoms with Crippen molar-refractivity contribution >= 4 is 0 Å². The second kappa shape index (κ2) is 6.80. The van der Waals surface area contributed by atoms with E-state index in [0.717, 1.165) is 19.6 Å². The van der Waals surface area contributed by atoms with Crippen molar-refractivity contribution in [2.75, 3.05) is 13.2 Å². The summed E-state index contributed by atoms with van der Waals surface area (Å²) in [7, 11) is 0. The minimum atomic E-state index is 0.169. The van der Waals surface area contributed by atoms with Crippen LogP contribution < -0.4 is 4.74 Å². The van der Waals surface area contributed by atoms with Crippen molar-refractivity contribution in [3.8, 4) is 5.88 Å². The van der Waals surface area contributed by atoms with E-state index in [2.05, 4.69) is 36.8 Å². The number of nitrogens with zero attached hydrogens (tertiary/aromatic N) is 5. The van der Waals surface area contributed by atoms with Gasteiger partial charge in [0.25, 0.3) is 0 Å². The first-order valence-electron chi connectivity index (χ1n) is 8.06. The van der Waals surface area contributed by atoms with Crippen molar-refractivity contribution in [1.29, 1.82) is 0 Å². The van der Waals surface area contributed by atoms with E-state index in [-0.39, 0.29) is 6.04 Å². The molecule has 122 valence electrons. The number of hydrogen-bond donors (Lipinski definition) is 0. The van der Waals surface area contributed by atoms with Gasteiger partial charge in [0.2, 0.25) is 5.88 Å². The van der Waals surface area contributed by atoms with Gasteiger partial charge < -0.3 is 4.74 Å². The third kappa shape index (κ3) is 3.28. The molecule has 0 bridgehead atoms. The lowest BCUT2D eigenvalue weighted by Crippen LogP contribution is -2.39. The molecule has 6 nitrogen and oxygen atoms in total. The van der Waals surface area contributed by atoms with E-state index < -0.39 is 0 Å². The number of rotatable bonds is 5. The van der Waals surface area contributed by atoms with Crippen molar-refractivity contribution < 1.29 is 4.74 Å². The summed E-state index contributed by atoms with van der Waals surface area (Å²) in [5.74, 6) is 0.649. The van der Waals surface area contributed by atoms with E-state index in [0.29, 0.717) is 12.5 Å². The van der Waals surface area contributed by atoms with Gasteiger partial charge in [-0.25, -0.2) is 4.98 Å². The Kier molecular flexibility index (Phi) is 4.20. The highest BCUT2D eigenvalue weighted by Crippen LogP contribution is 2.22. The zero-order chi connectivity index (χ0) is 16.2. The largest absolute Gasteiger partial charge is 0.475 e. The van der Waals surface area contributed by atoms with Gasteiger partial charge >= 0.3 is 0 Å². The van der Waals surface area contributed by atoms with E-state index in [9.17, 15) is 0 Å². The summed E-state index contributed by atoms with van der Waals surface area (Å²) in [6.07, 6.45) is 7.32. The van der Waals surface area contributed by atoms with Crippen molar-refractivity contribution in [2.24, 2.45) is 0 Å². The minimum Gasteiger partial charge on any atom is -0.475 e. The first-order chi connectivity index (χ1) is 11.9. The third-order valence-electron chi connectivity index (χ3n) is 4.14. The Balaban J connectivity index is 1.47. The number of aromatic nitrogens is 4. The summed E-state index contributed by atoms with van der Waals surface area (Å²) in [6.45, 7) is 3.19. The molecule has 0 spiro atoms. The van der Waals surface area contributed by atoms with E-state index in [1.54, 1.807) is 12.4 Å². The first kappa shape index (κ1) is 14.8. The Bertz CT molecular complexity index is 774. The molecule has 3 aromatic rings. The summed E-state index contributed by atoms with van der Waals surface area (Å²) in [5.41, 5.74) is 2.43. The molecule has 0 saturated carbocycles. The fourth-order valence-electron chi connectivity index (χ4n) is 3.07. The van der Waals surface area contributed by atoms with E-state index >= 15 is 0 Å². The van der Waals surface area contributed by atoms with Gasteiger partial charge in [-0.15, -0.1) is 0 Å². The lowest BCUT2D eigenvalue weighted by atomic mass is 10.1. The van der Waals surface area contributed by atoms with Crippen LogP contribution in [-0.4, -0.2) is 37.8 Å². The monoisotopic (exact) mass is 321 g/mol. The highest BCUT2D eigenvalue weighted by molar-refractivity contribution is 5.12. The summed E-state index contributed by atoms with van der Waals surface area (Å²) in [4.78, 5) is 10.8. The molecular formula is C18H19N5O. The maximum atomic E-state index is 5.86. The molecule has 0 N–H and O–H groups in total. The zero-order valence-corrected chi connectivity index (χ0v) is 13.3. The van der Waals surface area contributed by atoms with Gasteiger partial charge in [0.15, 0.2) is 0 Å². The molecule has 0 saturated heterocycles. The summed E-state index contributed by atoms with van der Waals surface area (Å²) >= 11 is 0. The van der Waals surface area contributed by atoms with Crippen LogP contribution in [0.15, 0.2) is 61.2 Å². The first-order valence-corrected chi connectivity index (χ1v) is 8.06. The minimum absolute atomic E-state index is 0.169. The summed E-state index contributed by atoms with van der Waals surface area (Å²) in [6, 6.07) is 12.0. The van der Waals surface area contributed by atoms with Gasteiger partial charge in [0.05, 0.1) is 11.7 Å². The molecule has 4 heterocycles. The molecule has 0 radical (unpaired) electrons. The molecule has 1 atom stereocenters. The van der Waals surface area contributed by atoms with Crippen LogP contribution in [0.3, 0.4) is 0 Å². The van der Waals surface area contributed by atoms with Gasteiger partial charge in [0, 0.05) is 50.5 Å². The summed E-state index contributed by atoms with van der Waals surface area (Å²) < 4.78 is 7.93. The van der Waals surface area contributed by atoms with Crippen molar-refractivity contribution in [3.63, 3.8) is 0 Å². The van der Waals surface area contributed by atoms with Crippen LogP contribution >= 0.6 is 0 Å². The van der Waals surface area contributed by atoms with Crippen LogP contribution in [0.4, 0.5) is 0 Å². The van der Waals surface area contributed by atoms with Crippen LogP contribution in [0.25, 0.3) is 0 Å². The van der Waals surface area contributed by atoms with Gasteiger partial charge in [-0.1, -0.05) is 12.1 Å². The average Bonchev–Trinajstić information content (AvgIpc) is 3.10. The smallest absolute Gasteiger partial charge is 0.213 e. The van der Waals surface area contributed by atoms with E-state index in [1.807, 2.05) is 36.7 Å². The highest BCUT2D eigenvalue weighted by Gasteiger charge is 2.26. The molecular weight excluding hydrogens is 302 g/mol. The molecule has 1 aliphatic heterocycles. The molecule has 0 aromatic carbocycles. The van der Waals surface area contributed by atoms with Gasteiger partial charge in [-0.2, -0.15) is 5.10 Å². The molecule has 0 amide bonds. The van der Waals surface area contributed by atoms with Crippen molar-refractivity contribution in [2.45, 2.75) is 19.1 Å². The van der Waals surface area contributed by atoms with Crippen LogP contribution in [-0.2, 0) is 13.1 Å². The quantitative estimate of drug-likeness (QED) is 0.722. The predicted octanol–water partition coefficient (Wildman–Crippen LogP) is 2.31. The molecule has 6 heteroatoms. The second-order valence-electron chi connectivity index (χ2n) is 5.93. The van der Waals surface area contributed by atoms with Gasteiger partial charge in [-0.05, 0) is 23.8 Å². The standard InChI is InChI=1S/C18H19N5O/c1-2-8-20-18(5-1)24-14-17-13-22(11-15-4-3-7-19-10-15)12-16-6-9-21-23(16)17/h1-10,17H,11-14H2. The molecule has 0 aliphatic carbocycles. The van der Waals surface area contributed by atoms with Crippen LogP contribution in [0, 0.1) is 0 Å². The Morgan fingerprint density at radius 2 is 2.08 bits per heavy atom. The Labute approximate surface area is 140 Å². The van der Waals surface area contributed by atoms with Crippen molar-refractivity contribution in [3.05, 3.63) is 72.4 Å². The molecule has 1 unspecified atom stereocenters. The fourth-order valence-corrected chi connectivity index (χ4v) is 3.07.